The number of hydrogen-bond donors (Lipinski definition) is 0. The lowest BCUT2D eigenvalue weighted by Crippen LogP contribution is -2.09. The van der Waals surface area contributed by atoms with Gasteiger partial charge in [0.1, 0.15) is 12.4 Å². The number of thioether (sulfide) groups is 1. The lowest BCUT2D eigenvalue weighted by molar-refractivity contribution is -0.384. The first-order valence-electron chi connectivity index (χ1n) is 10.6. The van der Waals surface area contributed by atoms with Gasteiger partial charge in [-0.3, -0.25) is 14.9 Å². The van der Waals surface area contributed by atoms with Crippen molar-refractivity contribution in [2.45, 2.75) is 50.9 Å². The van der Waals surface area contributed by atoms with Crippen LogP contribution in [-0.4, -0.2) is 31.2 Å². The Balaban J connectivity index is 1.39. The van der Waals surface area contributed by atoms with Crippen molar-refractivity contribution < 1.29 is 14.5 Å². The van der Waals surface area contributed by atoms with Crippen LogP contribution >= 0.6 is 11.8 Å². The van der Waals surface area contributed by atoms with Gasteiger partial charge in [-0.2, -0.15) is 0 Å². The van der Waals surface area contributed by atoms with E-state index in [-0.39, 0.29) is 17.2 Å². The van der Waals surface area contributed by atoms with Crippen molar-refractivity contribution in [1.82, 2.24) is 14.8 Å². The molecule has 0 fully saturated rings. The first-order valence-corrected chi connectivity index (χ1v) is 11.6. The Labute approximate surface area is 190 Å². The van der Waals surface area contributed by atoms with Crippen LogP contribution in [0.2, 0.25) is 0 Å². The number of fused-ring (bicyclic) bond motifs is 1. The molecule has 0 radical (unpaired) electrons. The largest absolute Gasteiger partial charge is 0.486 e. The van der Waals surface area contributed by atoms with E-state index < -0.39 is 4.92 Å². The van der Waals surface area contributed by atoms with E-state index in [1.807, 2.05) is 17.6 Å². The van der Waals surface area contributed by atoms with Gasteiger partial charge in [-0.15, -0.1) is 10.2 Å². The van der Waals surface area contributed by atoms with Crippen LogP contribution in [0, 0.1) is 10.1 Å². The molecule has 1 aliphatic carbocycles. The minimum atomic E-state index is -0.507. The van der Waals surface area contributed by atoms with Crippen molar-refractivity contribution in [3.05, 3.63) is 75.1 Å². The Morgan fingerprint density at radius 2 is 1.97 bits per heavy atom. The molecule has 8 nitrogen and oxygen atoms in total. The SMILES string of the molecule is CCn1c(COc2ccc3c(c2)CCCC3)nnc1SCC(=O)c1cccc([N+](=O)[O-])c1. The van der Waals surface area contributed by atoms with Crippen LogP contribution < -0.4 is 4.74 Å². The summed E-state index contributed by atoms with van der Waals surface area (Å²) in [6.45, 7) is 2.92. The average Bonchev–Trinajstić information content (AvgIpc) is 3.22. The number of Topliss-reactive ketones (excluding diaryl/α,β-unsaturated/α-hetero) is 1. The standard InChI is InChI=1S/C23H24N4O4S/c1-2-26-22(14-31-20-11-10-16-6-3-4-7-17(16)13-20)24-25-23(26)32-15-21(28)18-8-5-9-19(12-18)27(29)30/h5,8-13H,2-4,6-7,14-15H2,1H3. The van der Waals surface area contributed by atoms with Gasteiger partial charge in [-0.25, -0.2) is 0 Å². The van der Waals surface area contributed by atoms with Crippen LogP contribution in [0.4, 0.5) is 5.69 Å². The minimum Gasteiger partial charge on any atom is -0.486 e. The van der Waals surface area contributed by atoms with Gasteiger partial charge in [-0.05, 0) is 55.9 Å². The highest BCUT2D eigenvalue weighted by atomic mass is 32.2. The van der Waals surface area contributed by atoms with Gasteiger partial charge < -0.3 is 9.30 Å². The molecule has 0 saturated carbocycles. The molecule has 9 heteroatoms. The first kappa shape index (κ1) is 22.0. The monoisotopic (exact) mass is 452 g/mol. The molecule has 0 atom stereocenters. The molecule has 0 amide bonds. The number of ether oxygens (including phenoxy) is 1. The number of carbonyl (C=O) groups excluding carboxylic acids is 1. The Morgan fingerprint density at radius 3 is 2.75 bits per heavy atom. The van der Waals surface area contributed by atoms with Crippen LogP contribution in [0.1, 0.15) is 47.1 Å². The van der Waals surface area contributed by atoms with Crippen molar-refractivity contribution in [2.24, 2.45) is 0 Å². The summed E-state index contributed by atoms with van der Waals surface area (Å²) in [5, 5.41) is 20.0. The molecule has 32 heavy (non-hydrogen) atoms. The van der Waals surface area contributed by atoms with Crippen molar-refractivity contribution in [3.63, 3.8) is 0 Å². The van der Waals surface area contributed by atoms with Gasteiger partial charge in [0.05, 0.1) is 10.7 Å². The third kappa shape index (κ3) is 4.99. The summed E-state index contributed by atoms with van der Waals surface area (Å²) in [4.78, 5) is 22.9. The van der Waals surface area contributed by atoms with Crippen molar-refractivity contribution in [3.8, 4) is 5.75 Å². The van der Waals surface area contributed by atoms with E-state index >= 15 is 0 Å². The van der Waals surface area contributed by atoms with E-state index in [4.69, 9.17) is 4.74 Å². The quantitative estimate of drug-likeness (QED) is 0.202. The molecule has 0 saturated heterocycles. The summed E-state index contributed by atoms with van der Waals surface area (Å²) in [5.41, 5.74) is 2.98. The molecule has 1 aromatic heterocycles. The molecule has 166 valence electrons. The number of nitro benzene ring substituents is 1. The number of non-ortho nitro benzene ring substituents is 1. The van der Waals surface area contributed by atoms with Crippen LogP contribution in [-0.2, 0) is 26.0 Å². The maximum absolute atomic E-state index is 12.5. The lowest BCUT2D eigenvalue weighted by Gasteiger charge is -2.16. The predicted molar refractivity (Wildman–Crippen MR) is 121 cm³/mol. The Morgan fingerprint density at radius 1 is 1.16 bits per heavy atom. The number of hydrogen-bond acceptors (Lipinski definition) is 7. The van der Waals surface area contributed by atoms with Gasteiger partial charge in [0, 0.05) is 24.2 Å². The summed E-state index contributed by atoms with van der Waals surface area (Å²) in [5.74, 6) is 1.43. The Kier molecular flexibility index (Phi) is 6.84. The van der Waals surface area contributed by atoms with Gasteiger partial charge in [0.15, 0.2) is 16.8 Å². The summed E-state index contributed by atoms with van der Waals surface area (Å²) in [6, 6.07) is 12.0. The zero-order chi connectivity index (χ0) is 22.5. The van der Waals surface area contributed by atoms with E-state index in [0.717, 1.165) is 18.6 Å². The molecule has 4 rings (SSSR count). The van der Waals surface area contributed by atoms with E-state index in [1.54, 1.807) is 6.07 Å². The van der Waals surface area contributed by atoms with Crippen molar-refractivity contribution in [2.75, 3.05) is 5.75 Å². The Hall–Kier alpha value is -3.20. The second-order valence-corrected chi connectivity index (χ2v) is 8.53. The number of aromatic nitrogens is 3. The summed E-state index contributed by atoms with van der Waals surface area (Å²) < 4.78 is 7.90. The summed E-state index contributed by atoms with van der Waals surface area (Å²) in [7, 11) is 0. The number of nitrogens with zero attached hydrogens (tertiary/aromatic N) is 4. The number of benzene rings is 2. The highest BCUT2D eigenvalue weighted by Gasteiger charge is 2.17. The van der Waals surface area contributed by atoms with Gasteiger partial charge in [0.25, 0.3) is 5.69 Å². The number of aryl methyl sites for hydroxylation is 2. The molecule has 2 aromatic carbocycles. The average molecular weight is 453 g/mol. The van der Waals surface area contributed by atoms with Crippen LogP contribution in [0.15, 0.2) is 47.6 Å². The van der Waals surface area contributed by atoms with Gasteiger partial charge >= 0.3 is 0 Å². The van der Waals surface area contributed by atoms with Crippen LogP contribution in [0.25, 0.3) is 0 Å². The number of nitro groups is 1. The topological polar surface area (TPSA) is 100 Å². The maximum Gasteiger partial charge on any atom is 0.270 e. The van der Waals surface area contributed by atoms with Crippen LogP contribution in [0.5, 0.6) is 5.75 Å². The molecular weight excluding hydrogens is 428 g/mol. The first-order chi connectivity index (χ1) is 15.5. The lowest BCUT2D eigenvalue weighted by atomic mass is 9.92. The fraction of sp³-hybridized carbons (Fsp3) is 0.348. The highest BCUT2D eigenvalue weighted by Crippen LogP contribution is 2.26. The van der Waals surface area contributed by atoms with E-state index in [9.17, 15) is 14.9 Å². The fourth-order valence-electron chi connectivity index (χ4n) is 3.80. The fourth-order valence-corrected chi connectivity index (χ4v) is 4.72. The molecular formula is C23H24N4O4S. The van der Waals surface area contributed by atoms with Crippen LogP contribution in [0.3, 0.4) is 0 Å². The van der Waals surface area contributed by atoms with E-state index in [0.29, 0.717) is 29.7 Å². The van der Waals surface area contributed by atoms with E-state index in [2.05, 4.69) is 22.3 Å². The minimum absolute atomic E-state index is 0.0980. The maximum atomic E-state index is 12.5. The molecule has 0 aliphatic heterocycles. The summed E-state index contributed by atoms with van der Waals surface area (Å²) in [6.07, 6.45) is 4.69. The third-order valence-electron chi connectivity index (χ3n) is 5.51. The molecule has 0 bridgehead atoms. The second kappa shape index (κ2) is 9.95. The predicted octanol–water partition coefficient (Wildman–Crippen LogP) is 4.64. The van der Waals surface area contributed by atoms with Gasteiger partial charge in [-0.1, -0.05) is 30.0 Å². The summed E-state index contributed by atoms with van der Waals surface area (Å²) >= 11 is 1.26. The molecule has 1 heterocycles. The molecule has 0 N–H and O–H groups in total. The number of rotatable bonds is 9. The van der Waals surface area contributed by atoms with E-state index in [1.165, 1.54) is 53.9 Å². The second-order valence-electron chi connectivity index (χ2n) is 7.59. The van der Waals surface area contributed by atoms with Gasteiger partial charge in [0.2, 0.25) is 0 Å². The van der Waals surface area contributed by atoms with Crippen molar-refractivity contribution in [1.29, 1.82) is 0 Å². The molecule has 1 aliphatic rings. The zero-order valence-electron chi connectivity index (χ0n) is 17.8. The Bertz CT molecular complexity index is 1140. The number of carbonyl (C=O) groups is 1. The highest BCUT2D eigenvalue weighted by molar-refractivity contribution is 7.99. The molecule has 0 unspecified atom stereocenters. The molecule has 0 spiro atoms. The molecule has 3 aromatic rings. The normalized spacial score (nSPS) is 12.9. The number of ketones is 1. The third-order valence-corrected chi connectivity index (χ3v) is 6.48. The smallest absolute Gasteiger partial charge is 0.270 e. The zero-order valence-corrected chi connectivity index (χ0v) is 18.6. The van der Waals surface area contributed by atoms with Crippen molar-refractivity contribution >= 4 is 23.2 Å².